The molecule has 2 saturated carbocycles. The molecule has 0 heterocycles. The average Bonchev–Trinajstić information content (AvgIpc) is 3.25. The molecule has 106 valence electrons. The molecule has 0 bridgehead atoms. The molecule has 0 radical (unpaired) electrons. The Kier molecular flexibility index (Phi) is 5.93. The van der Waals surface area contributed by atoms with Crippen LogP contribution in [0, 0.1) is 5.92 Å². The molecule has 2 fully saturated rings. The predicted octanol–water partition coefficient (Wildman–Crippen LogP) is 2.27. The fraction of sp³-hybridized carbons (Fsp3) is 1.00. The van der Waals surface area contributed by atoms with Gasteiger partial charge in [0, 0.05) is 32.3 Å². The van der Waals surface area contributed by atoms with Gasteiger partial charge in [-0.2, -0.15) is 0 Å². The zero-order valence-corrected chi connectivity index (χ0v) is 12.2. The molecular weight excluding hydrogens is 224 g/mol. The average molecular weight is 254 g/mol. The smallest absolute Gasteiger partial charge is 0.0589 e. The van der Waals surface area contributed by atoms with Gasteiger partial charge in [-0.1, -0.05) is 19.3 Å². The van der Waals surface area contributed by atoms with Gasteiger partial charge in [0.25, 0.3) is 0 Å². The fourth-order valence-electron chi connectivity index (χ4n) is 3.34. The van der Waals surface area contributed by atoms with E-state index in [4.69, 9.17) is 4.74 Å². The van der Waals surface area contributed by atoms with Gasteiger partial charge in [-0.05, 0) is 38.6 Å². The normalized spacial score (nSPS) is 23.5. The van der Waals surface area contributed by atoms with Crippen molar-refractivity contribution in [1.29, 1.82) is 0 Å². The third-order valence-electron chi connectivity index (χ3n) is 4.67. The van der Waals surface area contributed by atoms with Crippen molar-refractivity contribution in [3.63, 3.8) is 0 Å². The van der Waals surface area contributed by atoms with Crippen molar-refractivity contribution < 1.29 is 4.74 Å². The first-order valence-electron chi connectivity index (χ1n) is 7.75. The van der Waals surface area contributed by atoms with Crippen LogP contribution in [0.2, 0.25) is 0 Å². The second kappa shape index (κ2) is 7.46. The monoisotopic (exact) mass is 254 g/mol. The molecule has 18 heavy (non-hydrogen) atoms. The molecule has 0 amide bonds. The highest BCUT2D eigenvalue weighted by Gasteiger charge is 2.32. The second-order valence-corrected chi connectivity index (χ2v) is 6.01. The number of nitrogens with zero attached hydrogens (tertiary/aromatic N) is 1. The lowest BCUT2D eigenvalue weighted by Crippen LogP contribution is -2.46. The predicted molar refractivity (Wildman–Crippen MR) is 75.9 cm³/mol. The summed E-state index contributed by atoms with van der Waals surface area (Å²) in [6.45, 7) is 3.19. The van der Waals surface area contributed by atoms with Crippen molar-refractivity contribution in [1.82, 2.24) is 10.2 Å². The molecule has 3 heteroatoms. The van der Waals surface area contributed by atoms with Crippen molar-refractivity contribution in [2.24, 2.45) is 5.92 Å². The number of ether oxygens (including phenoxy) is 1. The molecule has 0 aromatic carbocycles. The van der Waals surface area contributed by atoms with Gasteiger partial charge in [0.1, 0.15) is 0 Å². The van der Waals surface area contributed by atoms with Crippen LogP contribution in [-0.2, 0) is 4.74 Å². The standard InChI is InChI=1S/C15H30N2O/c1-16-15(13-6-4-3-5-7-13)12-17(10-11-18-2)14-8-9-14/h13-16H,3-12H2,1-2H3. The SMILES string of the molecule is CNC(CN(CCOC)C1CC1)C1CCCCC1. The number of hydrogen-bond acceptors (Lipinski definition) is 3. The lowest BCUT2D eigenvalue weighted by molar-refractivity contribution is 0.123. The Hall–Kier alpha value is -0.120. The van der Waals surface area contributed by atoms with Gasteiger partial charge >= 0.3 is 0 Å². The van der Waals surface area contributed by atoms with Gasteiger partial charge in [-0.3, -0.25) is 4.90 Å². The number of nitrogens with one attached hydrogen (secondary N) is 1. The molecule has 0 aliphatic heterocycles. The molecule has 3 nitrogen and oxygen atoms in total. The largest absolute Gasteiger partial charge is 0.383 e. The molecule has 0 saturated heterocycles. The van der Waals surface area contributed by atoms with Crippen LogP contribution < -0.4 is 5.32 Å². The van der Waals surface area contributed by atoms with Gasteiger partial charge in [-0.15, -0.1) is 0 Å². The Balaban J connectivity index is 1.81. The minimum Gasteiger partial charge on any atom is -0.383 e. The highest BCUT2D eigenvalue weighted by atomic mass is 16.5. The fourth-order valence-corrected chi connectivity index (χ4v) is 3.34. The summed E-state index contributed by atoms with van der Waals surface area (Å²) in [6.07, 6.45) is 9.95. The van der Waals surface area contributed by atoms with Crippen LogP contribution in [0.4, 0.5) is 0 Å². The van der Waals surface area contributed by atoms with Gasteiger partial charge in [0.05, 0.1) is 6.61 Å². The lowest BCUT2D eigenvalue weighted by Gasteiger charge is -2.34. The van der Waals surface area contributed by atoms with Crippen molar-refractivity contribution in [2.45, 2.75) is 57.0 Å². The number of hydrogen-bond donors (Lipinski definition) is 1. The molecule has 2 rings (SSSR count). The summed E-state index contributed by atoms with van der Waals surface area (Å²) in [6, 6.07) is 1.53. The minimum absolute atomic E-state index is 0.683. The van der Waals surface area contributed by atoms with E-state index in [1.54, 1.807) is 0 Å². The van der Waals surface area contributed by atoms with Crippen LogP contribution in [0.1, 0.15) is 44.9 Å². The van der Waals surface area contributed by atoms with Crippen LogP contribution >= 0.6 is 0 Å². The van der Waals surface area contributed by atoms with Crippen molar-refractivity contribution in [2.75, 3.05) is 33.9 Å². The van der Waals surface area contributed by atoms with E-state index < -0.39 is 0 Å². The van der Waals surface area contributed by atoms with Gasteiger partial charge in [0.15, 0.2) is 0 Å². The van der Waals surface area contributed by atoms with E-state index in [2.05, 4.69) is 17.3 Å². The molecule has 0 spiro atoms. The maximum atomic E-state index is 5.25. The van der Waals surface area contributed by atoms with Crippen molar-refractivity contribution in [3.05, 3.63) is 0 Å². The number of likely N-dealkylation sites (N-methyl/N-ethyl adjacent to an activating group) is 1. The van der Waals surface area contributed by atoms with Crippen molar-refractivity contribution in [3.8, 4) is 0 Å². The van der Waals surface area contributed by atoms with Crippen molar-refractivity contribution >= 4 is 0 Å². The van der Waals surface area contributed by atoms with E-state index in [0.29, 0.717) is 6.04 Å². The molecule has 1 atom stereocenters. The topological polar surface area (TPSA) is 24.5 Å². The number of rotatable bonds is 8. The van der Waals surface area contributed by atoms with E-state index in [1.807, 2.05) is 7.11 Å². The summed E-state index contributed by atoms with van der Waals surface area (Å²) < 4.78 is 5.25. The Bertz CT molecular complexity index is 225. The van der Waals surface area contributed by atoms with Crippen LogP contribution in [0.5, 0.6) is 0 Å². The summed E-state index contributed by atoms with van der Waals surface area (Å²) in [7, 11) is 3.95. The summed E-state index contributed by atoms with van der Waals surface area (Å²) >= 11 is 0. The van der Waals surface area contributed by atoms with E-state index in [0.717, 1.165) is 25.1 Å². The molecule has 0 aromatic heterocycles. The Morgan fingerprint density at radius 1 is 1.17 bits per heavy atom. The van der Waals surface area contributed by atoms with Crippen LogP contribution in [-0.4, -0.2) is 50.8 Å². The van der Waals surface area contributed by atoms with Crippen LogP contribution in [0.3, 0.4) is 0 Å². The second-order valence-electron chi connectivity index (χ2n) is 6.01. The molecule has 2 aliphatic carbocycles. The van der Waals surface area contributed by atoms with E-state index in [-0.39, 0.29) is 0 Å². The van der Waals surface area contributed by atoms with E-state index >= 15 is 0 Å². The molecule has 0 aromatic rings. The maximum Gasteiger partial charge on any atom is 0.0589 e. The third kappa shape index (κ3) is 4.22. The summed E-state index contributed by atoms with van der Waals surface area (Å²) in [4.78, 5) is 2.65. The quantitative estimate of drug-likeness (QED) is 0.719. The molecule has 1 unspecified atom stereocenters. The Morgan fingerprint density at radius 2 is 1.89 bits per heavy atom. The van der Waals surface area contributed by atoms with Gasteiger partial charge < -0.3 is 10.1 Å². The zero-order valence-electron chi connectivity index (χ0n) is 12.2. The summed E-state index contributed by atoms with van der Waals surface area (Å²) in [5.41, 5.74) is 0. The molecular formula is C15H30N2O. The number of methoxy groups -OCH3 is 1. The highest BCUT2D eigenvalue weighted by Crippen LogP contribution is 2.30. The Labute approximate surface area is 112 Å². The highest BCUT2D eigenvalue weighted by molar-refractivity contribution is 4.89. The first-order chi connectivity index (χ1) is 8.85. The maximum absolute atomic E-state index is 5.25. The summed E-state index contributed by atoms with van der Waals surface area (Å²) in [5.74, 6) is 0.896. The van der Waals surface area contributed by atoms with E-state index in [1.165, 1.54) is 51.5 Å². The summed E-state index contributed by atoms with van der Waals surface area (Å²) in [5, 5.41) is 3.58. The van der Waals surface area contributed by atoms with Crippen LogP contribution in [0.25, 0.3) is 0 Å². The van der Waals surface area contributed by atoms with Gasteiger partial charge in [-0.25, -0.2) is 0 Å². The zero-order chi connectivity index (χ0) is 12.8. The van der Waals surface area contributed by atoms with Gasteiger partial charge in [0.2, 0.25) is 0 Å². The van der Waals surface area contributed by atoms with Crippen LogP contribution in [0.15, 0.2) is 0 Å². The first-order valence-corrected chi connectivity index (χ1v) is 7.75. The Morgan fingerprint density at radius 3 is 2.44 bits per heavy atom. The van der Waals surface area contributed by atoms with E-state index in [9.17, 15) is 0 Å². The third-order valence-corrected chi connectivity index (χ3v) is 4.67. The first kappa shape index (κ1) is 14.3. The minimum atomic E-state index is 0.683. The molecule has 1 N–H and O–H groups in total. The molecule has 2 aliphatic rings. The lowest BCUT2D eigenvalue weighted by atomic mass is 9.83.